The molecule has 126 valence electrons. The number of carbonyl (C=O) groups is 2. The van der Waals surface area contributed by atoms with Crippen LogP contribution in [0.3, 0.4) is 0 Å². The molecule has 0 bridgehead atoms. The molecule has 0 aliphatic carbocycles. The summed E-state index contributed by atoms with van der Waals surface area (Å²) >= 11 is 5.16. The van der Waals surface area contributed by atoms with Gasteiger partial charge in [-0.1, -0.05) is 30.3 Å². The van der Waals surface area contributed by atoms with Crippen LogP contribution >= 0.6 is 11.6 Å². The number of carbonyl (C=O) groups excluding carboxylic acids is 2. The Balaban J connectivity index is 1.50. The molecule has 0 amide bonds. The molecule has 0 saturated carbocycles. The summed E-state index contributed by atoms with van der Waals surface area (Å²) in [6.07, 6.45) is 0. The average molecular weight is 355 g/mol. The molecule has 0 heterocycles. The molecule has 25 heavy (non-hydrogen) atoms. The smallest absolute Gasteiger partial charge is 0.293 e. The van der Waals surface area contributed by atoms with E-state index >= 15 is 0 Å². The Hall–Kier alpha value is -2.85. The first-order valence-electron chi connectivity index (χ1n) is 7.72. The topological polar surface area (TPSA) is 52.6 Å². The van der Waals surface area contributed by atoms with Crippen molar-refractivity contribution in [2.45, 2.75) is 0 Å². The lowest BCUT2D eigenvalue weighted by molar-refractivity contribution is -0.108. The number of hydrogen-bond acceptors (Lipinski definition) is 4. The van der Waals surface area contributed by atoms with Crippen molar-refractivity contribution < 1.29 is 19.1 Å². The van der Waals surface area contributed by atoms with Crippen LogP contribution in [0.1, 0.15) is 10.4 Å². The number of fused-ring (bicyclic) bond motifs is 1. The van der Waals surface area contributed by atoms with Crippen LogP contribution in [0.4, 0.5) is 0 Å². The Bertz CT molecular complexity index is 903. The first kappa shape index (κ1) is 17.0. The third-order valence-corrected chi connectivity index (χ3v) is 3.81. The highest BCUT2D eigenvalue weighted by atomic mass is 35.5. The second-order valence-corrected chi connectivity index (χ2v) is 5.68. The fourth-order valence-electron chi connectivity index (χ4n) is 2.39. The number of ketones is 1. The first-order chi connectivity index (χ1) is 12.1. The van der Waals surface area contributed by atoms with E-state index in [9.17, 15) is 9.59 Å². The van der Waals surface area contributed by atoms with E-state index < -0.39 is 11.0 Å². The van der Waals surface area contributed by atoms with Crippen LogP contribution in [0.2, 0.25) is 0 Å². The molecule has 0 saturated heterocycles. The van der Waals surface area contributed by atoms with Crippen molar-refractivity contribution in [3.8, 4) is 11.5 Å². The fourth-order valence-corrected chi connectivity index (χ4v) is 2.50. The molecule has 5 heteroatoms. The van der Waals surface area contributed by atoms with Crippen molar-refractivity contribution in [2.24, 2.45) is 0 Å². The van der Waals surface area contributed by atoms with E-state index in [-0.39, 0.29) is 5.56 Å². The van der Waals surface area contributed by atoms with Gasteiger partial charge in [0.1, 0.15) is 24.7 Å². The summed E-state index contributed by atoms with van der Waals surface area (Å²) in [6, 6.07) is 20.2. The van der Waals surface area contributed by atoms with Gasteiger partial charge in [-0.05, 0) is 58.8 Å². The van der Waals surface area contributed by atoms with Gasteiger partial charge in [-0.25, -0.2) is 0 Å². The lowest BCUT2D eigenvalue weighted by Crippen LogP contribution is -2.10. The van der Waals surface area contributed by atoms with Gasteiger partial charge in [0.25, 0.3) is 5.24 Å². The highest BCUT2D eigenvalue weighted by Gasteiger charge is 2.12. The van der Waals surface area contributed by atoms with Gasteiger partial charge in [-0.2, -0.15) is 0 Å². The zero-order valence-corrected chi connectivity index (χ0v) is 14.0. The molecule has 3 aromatic rings. The van der Waals surface area contributed by atoms with Crippen molar-refractivity contribution in [3.63, 3.8) is 0 Å². The maximum Gasteiger partial charge on any atom is 0.293 e. The summed E-state index contributed by atoms with van der Waals surface area (Å²) in [4.78, 5) is 22.2. The van der Waals surface area contributed by atoms with Crippen LogP contribution < -0.4 is 9.47 Å². The molecule has 0 atom stereocenters. The quantitative estimate of drug-likeness (QED) is 0.275. The minimum absolute atomic E-state index is 0.236. The maximum absolute atomic E-state index is 11.4. The largest absolute Gasteiger partial charge is 0.490 e. The summed E-state index contributed by atoms with van der Waals surface area (Å²) in [5.74, 6) is 0.636. The molecule has 0 unspecified atom stereocenters. The van der Waals surface area contributed by atoms with E-state index in [1.807, 2.05) is 36.4 Å². The summed E-state index contributed by atoms with van der Waals surface area (Å²) in [6.45, 7) is 0.744. The summed E-state index contributed by atoms with van der Waals surface area (Å²) < 4.78 is 11.2. The van der Waals surface area contributed by atoms with Gasteiger partial charge >= 0.3 is 0 Å². The van der Waals surface area contributed by atoms with Crippen LogP contribution in [0.5, 0.6) is 11.5 Å². The van der Waals surface area contributed by atoms with E-state index in [4.69, 9.17) is 21.1 Å². The molecule has 0 N–H and O–H groups in total. The molecule has 0 radical (unpaired) electrons. The Morgan fingerprint density at radius 1 is 0.760 bits per heavy atom. The summed E-state index contributed by atoms with van der Waals surface area (Å²) in [5, 5.41) is 1.28. The molecule has 0 aromatic heterocycles. The maximum atomic E-state index is 11.4. The predicted molar refractivity (Wildman–Crippen MR) is 96.6 cm³/mol. The summed E-state index contributed by atoms with van der Waals surface area (Å²) in [7, 11) is 0. The zero-order chi connectivity index (χ0) is 17.6. The van der Waals surface area contributed by atoms with Gasteiger partial charge in [0.2, 0.25) is 5.78 Å². The number of ether oxygens (including phenoxy) is 2. The molecular weight excluding hydrogens is 340 g/mol. The zero-order valence-electron chi connectivity index (χ0n) is 13.3. The lowest BCUT2D eigenvalue weighted by Gasteiger charge is -2.09. The fraction of sp³-hybridized carbons (Fsp3) is 0.100. The first-order valence-corrected chi connectivity index (χ1v) is 8.10. The predicted octanol–water partition coefficient (Wildman–Crippen LogP) is 4.25. The van der Waals surface area contributed by atoms with E-state index in [0.29, 0.717) is 19.0 Å². The number of benzene rings is 3. The lowest BCUT2D eigenvalue weighted by atomic mass is 10.1. The number of rotatable bonds is 7. The van der Waals surface area contributed by atoms with Gasteiger partial charge < -0.3 is 9.47 Å². The standard InChI is InChI=1S/C20H15ClO4/c21-20(23)19(22)15-6-8-17(9-7-15)24-11-12-25-18-10-5-14-3-1-2-4-16(14)13-18/h1-10,13H,11-12H2. The van der Waals surface area contributed by atoms with Crippen molar-refractivity contribution in [2.75, 3.05) is 13.2 Å². The van der Waals surface area contributed by atoms with Crippen molar-refractivity contribution in [1.82, 2.24) is 0 Å². The minimum Gasteiger partial charge on any atom is -0.490 e. The normalized spacial score (nSPS) is 10.4. The van der Waals surface area contributed by atoms with Gasteiger partial charge in [-0.15, -0.1) is 0 Å². The van der Waals surface area contributed by atoms with Crippen molar-refractivity contribution >= 4 is 33.4 Å². The van der Waals surface area contributed by atoms with Gasteiger partial charge in [0.15, 0.2) is 0 Å². The Labute approximate surface area is 149 Å². The van der Waals surface area contributed by atoms with Gasteiger partial charge in [0, 0.05) is 5.56 Å². The molecule has 3 rings (SSSR count). The average Bonchev–Trinajstić information content (AvgIpc) is 2.65. The van der Waals surface area contributed by atoms with E-state index in [0.717, 1.165) is 16.5 Å². The van der Waals surface area contributed by atoms with Crippen molar-refractivity contribution in [3.05, 3.63) is 72.3 Å². The second-order valence-electron chi connectivity index (χ2n) is 5.33. The van der Waals surface area contributed by atoms with E-state index in [2.05, 4.69) is 6.07 Å². The Morgan fingerprint density at radius 3 is 2.04 bits per heavy atom. The van der Waals surface area contributed by atoms with E-state index in [1.54, 1.807) is 12.1 Å². The third kappa shape index (κ3) is 4.37. The second kappa shape index (κ2) is 7.81. The molecule has 0 fully saturated rings. The highest BCUT2D eigenvalue weighted by Crippen LogP contribution is 2.20. The molecule has 3 aromatic carbocycles. The molecule has 0 spiro atoms. The molecule has 4 nitrogen and oxygen atoms in total. The van der Waals surface area contributed by atoms with Gasteiger partial charge in [-0.3, -0.25) is 9.59 Å². The molecule has 0 aliphatic heterocycles. The minimum atomic E-state index is -1.00. The third-order valence-electron chi connectivity index (χ3n) is 3.64. The number of hydrogen-bond donors (Lipinski definition) is 0. The SMILES string of the molecule is O=C(Cl)C(=O)c1ccc(OCCOc2ccc3ccccc3c2)cc1. The summed E-state index contributed by atoms with van der Waals surface area (Å²) in [5.41, 5.74) is 0.236. The number of halogens is 1. The van der Waals surface area contributed by atoms with Crippen LogP contribution in [0.25, 0.3) is 10.8 Å². The number of Topliss-reactive ketones (excluding diaryl/α,β-unsaturated/α-hetero) is 1. The van der Waals surface area contributed by atoms with Crippen LogP contribution in [0, 0.1) is 0 Å². The monoisotopic (exact) mass is 354 g/mol. The Kier molecular flexibility index (Phi) is 5.31. The highest BCUT2D eigenvalue weighted by molar-refractivity contribution is 6.83. The molecule has 0 aliphatic rings. The van der Waals surface area contributed by atoms with Crippen LogP contribution in [-0.2, 0) is 4.79 Å². The van der Waals surface area contributed by atoms with Gasteiger partial charge in [0.05, 0.1) is 0 Å². The van der Waals surface area contributed by atoms with Crippen molar-refractivity contribution in [1.29, 1.82) is 0 Å². The van der Waals surface area contributed by atoms with Crippen LogP contribution in [0.15, 0.2) is 66.7 Å². The molecular formula is C20H15ClO4. The van der Waals surface area contributed by atoms with E-state index in [1.165, 1.54) is 12.1 Å². The van der Waals surface area contributed by atoms with Crippen LogP contribution in [-0.4, -0.2) is 24.2 Å². The Morgan fingerprint density at radius 2 is 1.36 bits per heavy atom.